The molecule has 1 aromatic rings. The lowest BCUT2D eigenvalue weighted by Crippen LogP contribution is -2.53. The van der Waals surface area contributed by atoms with Crippen LogP contribution in [0.2, 0.25) is 0 Å². The highest BCUT2D eigenvalue weighted by atomic mass is 16.5. The van der Waals surface area contributed by atoms with Crippen LogP contribution in [0.5, 0.6) is 0 Å². The van der Waals surface area contributed by atoms with Crippen molar-refractivity contribution >= 4 is 5.91 Å². The zero-order chi connectivity index (χ0) is 16.7. The Kier molecular flexibility index (Phi) is 4.16. The molecule has 3 nitrogen and oxygen atoms in total. The van der Waals surface area contributed by atoms with Gasteiger partial charge in [0.25, 0.3) is 5.91 Å². The third-order valence-corrected chi connectivity index (χ3v) is 6.26. The Hall–Kier alpha value is -1.35. The SMILES string of the molecule is Cc1cccc(C(=O)NCC(C)OC23CC4CC(CC(C4)C2)C3)c1. The maximum Gasteiger partial charge on any atom is 0.251 e. The lowest BCUT2D eigenvalue weighted by molar-refractivity contribution is -0.182. The highest BCUT2D eigenvalue weighted by Crippen LogP contribution is 2.57. The number of rotatable bonds is 5. The predicted molar refractivity (Wildman–Crippen MR) is 95.0 cm³/mol. The Bertz CT molecular complexity index is 589. The molecular formula is C21H29NO2. The first-order chi connectivity index (χ1) is 11.5. The summed E-state index contributed by atoms with van der Waals surface area (Å²) < 4.78 is 6.55. The highest BCUT2D eigenvalue weighted by molar-refractivity contribution is 5.94. The molecule has 1 aromatic carbocycles. The van der Waals surface area contributed by atoms with Gasteiger partial charge in [0.2, 0.25) is 0 Å². The van der Waals surface area contributed by atoms with E-state index < -0.39 is 0 Å². The molecule has 0 spiro atoms. The fourth-order valence-electron chi connectivity index (χ4n) is 5.77. The van der Waals surface area contributed by atoms with Gasteiger partial charge in [-0.3, -0.25) is 4.79 Å². The van der Waals surface area contributed by atoms with Crippen molar-refractivity contribution in [3.05, 3.63) is 35.4 Å². The third kappa shape index (κ3) is 3.23. The van der Waals surface area contributed by atoms with Gasteiger partial charge in [0.15, 0.2) is 0 Å². The number of amides is 1. The van der Waals surface area contributed by atoms with E-state index in [0.717, 1.165) is 28.9 Å². The van der Waals surface area contributed by atoms with E-state index in [1.807, 2.05) is 31.2 Å². The van der Waals surface area contributed by atoms with Crippen LogP contribution < -0.4 is 5.32 Å². The van der Waals surface area contributed by atoms with Gasteiger partial charge in [0, 0.05) is 12.1 Å². The van der Waals surface area contributed by atoms with Gasteiger partial charge in [-0.2, -0.15) is 0 Å². The molecule has 5 rings (SSSR count). The second kappa shape index (κ2) is 6.18. The molecule has 0 heterocycles. The van der Waals surface area contributed by atoms with Gasteiger partial charge in [-0.15, -0.1) is 0 Å². The molecule has 0 aliphatic heterocycles. The molecule has 24 heavy (non-hydrogen) atoms. The summed E-state index contributed by atoms with van der Waals surface area (Å²) in [6.07, 6.45) is 8.11. The van der Waals surface area contributed by atoms with Crippen molar-refractivity contribution in [2.75, 3.05) is 6.54 Å². The van der Waals surface area contributed by atoms with Gasteiger partial charge in [-0.25, -0.2) is 0 Å². The quantitative estimate of drug-likeness (QED) is 0.884. The zero-order valence-electron chi connectivity index (χ0n) is 14.9. The van der Waals surface area contributed by atoms with E-state index in [4.69, 9.17) is 4.74 Å². The third-order valence-electron chi connectivity index (χ3n) is 6.26. The number of ether oxygens (including phenoxy) is 1. The van der Waals surface area contributed by atoms with Gasteiger partial charge < -0.3 is 10.1 Å². The van der Waals surface area contributed by atoms with Crippen molar-refractivity contribution in [2.45, 2.75) is 64.1 Å². The molecular weight excluding hydrogens is 298 g/mol. The van der Waals surface area contributed by atoms with Crippen molar-refractivity contribution < 1.29 is 9.53 Å². The van der Waals surface area contributed by atoms with Gasteiger partial charge in [0.05, 0.1) is 11.7 Å². The summed E-state index contributed by atoms with van der Waals surface area (Å²) in [5.41, 5.74) is 1.96. The van der Waals surface area contributed by atoms with E-state index >= 15 is 0 Å². The van der Waals surface area contributed by atoms with E-state index in [1.54, 1.807) is 0 Å². The lowest BCUT2D eigenvalue weighted by Gasteiger charge is -2.57. The van der Waals surface area contributed by atoms with Gasteiger partial charge in [-0.05, 0) is 82.3 Å². The Morgan fingerprint density at radius 1 is 1.21 bits per heavy atom. The number of carbonyl (C=O) groups excluding carboxylic acids is 1. The molecule has 4 aliphatic rings. The van der Waals surface area contributed by atoms with Crippen LogP contribution in [0.1, 0.15) is 61.4 Å². The summed E-state index contributed by atoms with van der Waals surface area (Å²) in [5, 5.41) is 3.04. The molecule has 4 saturated carbocycles. The maximum absolute atomic E-state index is 12.3. The Morgan fingerprint density at radius 2 is 1.83 bits per heavy atom. The molecule has 4 fully saturated rings. The van der Waals surface area contributed by atoms with Crippen LogP contribution in [0.4, 0.5) is 0 Å². The van der Waals surface area contributed by atoms with Crippen molar-refractivity contribution in [2.24, 2.45) is 17.8 Å². The predicted octanol–water partition coefficient (Wildman–Crippen LogP) is 4.10. The van der Waals surface area contributed by atoms with Crippen LogP contribution >= 0.6 is 0 Å². The minimum Gasteiger partial charge on any atom is -0.370 e. The molecule has 0 saturated heterocycles. The topological polar surface area (TPSA) is 38.3 Å². The molecule has 1 atom stereocenters. The largest absolute Gasteiger partial charge is 0.370 e. The highest BCUT2D eigenvalue weighted by Gasteiger charge is 2.52. The van der Waals surface area contributed by atoms with Gasteiger partial charge in [-0.1, -0.05) is 17.7 Å². The average Bonchev–Trinajstić information content (AvgIpc) is 2.50. The molecule has 4 aliphatic carbocycles. The summed E-state index contributed by atoms with van der Waals surface area (Å²) in [4.78, 5) is 12.3. The standard InChI is InChI=1S/C21H29NO2/c1-14-4-3-5-19(6-14)20(23)22-13-15(2)24-21-10-16-7-17(11-21)9-18(8-16)12-21/h3-6,15-18H,7-13H2,1-2H3,(H,22,23). The number of hydrogen-bond acceptors (Lipinski definition) is 2. The van der Waals surface area contributed by atoms with Crippen LogP contribution in [0.25, 0.3) is 0 Å². The van der Waals surface area contributed by atoms with Crippen LogP contribution in [-0.4, -0.2) is 24.2 Å². The maximum atomic E-state index is 12.3. The number of hydrogen-bond donors (Lipinski definition) is 1. The van der Waals surface area contributed by atoms with E-state index in [9.17, 15) is 4.79 Å². The molecule has 0 radical (unpaired) electrons. The second-order valence-corrected chi connectivity index (χ2v) is 8.61. The van der Waals surface area contributed by atoms with Crippen LogP contribution in [0.15, 0.2) is 24.3 Å². The molecule has 1 unspecified atom stereocenters. The van der Waals surface area contributed by atoms with Gasteiger partial charge in [0.1, 0.15) is 0 Å². The van der Waals surface area contributed by atoms with E-state index in [1.165, 1.54) is 38.5 Å². The Morgan fingerprint density at radius 3 is 2.42 bits per heavy atom. The van der Waals surface area contributed by atoms with Gasteiger partial charge >= 0.3 is 0 Å². The molecule has 130 valence electrons. The first-order valence-electron chi connectivity index (χ1n) is 9.54. The van der Waals surface area contributed by atoms with Crippen molar-refractivity contribution in [3.63, 3.8) is 0 Å². The lowest BCUT2D eigenvalue weighted by atomic mass is 9.54. The second-order valence-electron chi connectivity index (χ2n) is 8.61. The van der Waals surface area contributed by atoms with Crippen LogP contribution in [0.3, 0.4) is 0 Å². The monoisotopic (exact) mass is 327 g/mol. The fraction of sp³-hybridized carbons (Fsp3) is 0.667. The molecule has 0 aromatic heterocycles. The molecule has 1 amide bonds. The zero-order valence-corrected chi connectivity index (χ0v) is 14.9. The molecule has 3 heteroatoms. The number of benzene rings is 1. The summed E-state index contributed by atoms with van der Waals surface area (Å²) in [6, 6.07) is 7.74. The van der Waals surface area contributed by atoms with Crippen LogP contribution in [-0.2, 0) is 4.74 Å². The van der Waals surface area contributed by atoms with E-state index in [2.05, 4.69) is 12.2 Å². The Labute approximate surface area is 145 Å². The average molecular weight is 327 g/mol. The van der Waals surface area contributed by atoms with Crippen molar-refractivity contribution in [3.8, 4) is 0 Å². The Balaban J connectivity index is 1.32. The number of nitrogens with one attached hydrogen (secondary N) is 1. The van der Waals surface area contributed by atoms with E-state index in [-0.39, 0.29) is 17.6 Å². The normalized spacial score (nSPS) is 35.0. The summed E-state index contributed by atoms with van der Waals surface area (Å²) in [6.45, 7) is 4.71. The smallest absolute Gasteiger partial charge is 0.251 e. The summed E-state index contributed by atoms with van der Waals surface area (Å²) >= 11 is 0. The molecule has 1 N–H and O–H groups in total. The van der Waals surface area contributed by atoms with Crippen LogP contribution in [0, 0.1) is 24.7 Å². The minimum absolute atomic E-state index is 0.000313. The number of carbonyl (C=O) groups is 1. The summed E-state index contributed by atoms with van der Waals surface area (Å²) in [7, 11) is 0. The summed E-state index contributed by atoms with van der Waals surface area (Å²) in [5.74, 6) is 2.68. The minimum atomic E-state index is -0.000313. The number of aryl methyl sites for hydroxylation is 1. The van der Waals surface area contributed by atoms with Crippen molar-refractivity contribution in [1.82, 2.24) is 5.32 Å². The molecule has 4 bridgehead atoms. The fourth-order valence-corrected chi connectivity index (χ4v) is 5.77. The van der Waals surface area contributed by atoms with E-state index in [0.29, 0.717) is 6.54 Å². The van der Waals surface area contributed by atoms with Crippen molar-refractivity contribution in [1.29, 1.82) is 0 Å². The first-order valence-corrected chi connectivity index (χ1v) is 9.54. The first kappa shape index (κ1) is 16.1.